The van der Waals surface area contributed by atoms with E-state index in [0.717, 1.165) is 36.1 Å². The van der Waals surface area contributed by atoms with Crippen LogP contribution in [0.25, 0.3) is 22.3 Å². The van der Waals surface area contributed by atoms with E-state index in [4.69, 9.17) is 0 Å². The van der Waals surface area contributed by atoms with Gasteiger partial charge in [0.2, 0.25) is 5.91 Å². The molecule has 2 aromatic heterocycles. The lowest BCUT2D eigenvalue weighted by molar-refractivity contribution is -0.133. The number of fused-ring (bicyclic) bond motifs is 1. The molecule has 1 saturated heterocycles. The van der Waals surface area contributed by atoms with E-state index in [9.17, 15) is 9.90 Å². The molecule has 5 rings (SSSR count). The first-order chi connectivity index (χ1) is 13.7. The van der Waals surface area contributed by atoms with Crippen LogP contribution >= 0.6 is 0 Å². The van der Waals surface area contributed by atoms with Crippen molar-refractivity contribution in [1.82, 2.24) is 20.1 Å². The van der Waals surface area contributed by atoms with Crippen LogP contribution in [0.3, 0.4) is 0 Å². The molecule has 2 aliphatic rings. The smallest absolute Gasteiger partial charge is 0.246 e. The Morgan fingerprint density at radius 1 is 1.29 bits per heavy atom. The number of aromatic hydroxyl groups is 1. The van der Waals surface area contributed by atoms with Crippen LogP contribution < -0.4 is 0 Å². The SMILES string of the molecule is C=CC(=O)N1CC[C@@H]1Cc1[nH]c2nnc(-c3ccccc3O)cc2c1C1CC1. The summed E-state index contributed by atoms with van der Waals surface area (Å²) in [5, 5.41) is 20.0. The Morgan fingerprint density at radius 3 is 2.79 bits per heavy atom. The summed E-state index contributed by atoms with van der Waals surface area (Å²) in [4.78, 5) is 17.3. The quantitative estimate of drug-likeness (QED) is 0.669. The second-order valence-electron chi connectivity index (χ2n) is 7.68. The average Bonchev–Trinajstić information content (AvgIpc) is 3.45. The van der Waals surface area contributed by atoms with Crippen molar-refractivity contribution in [2.75, 3.05) is 6.54 Å². The zero-order chi connectivity index (χ0) is 19.3. The third kappa shape index (κ3) is 2.76. The molecule has 2 N–H and O–H groups in total. The van der Waals surface area contributed by atoms with Gasteiger partial charge in [0.05, 0.1) is 5.69 Å². The number of rotatable bonds is 5. The minimum absolute atomic E-state index is 0.00182. The van der Waals surface area contributed by atoms with Crippen LogP contribution in [-0.4, -0.2) is 43.7 Å². The number of H-pyrrole nitrogens is 1. The first-order valence-electron chi connectivity index (χ1n) is 9.75. The summed E-state index contributed by atoms with van der Waals surface area (Å²) in [5.41, 5.74) is 4.59. The van der Waals surface area contributed by atoms with Gasteiger partial charge in [-0.2, -0.15) is 0 Å². The maximum atomic E-state index is 12.0. The number of aromatic nitrogens is 3. The first-order valence-corrected chi connectivity index (χ1v) is 9.75. The van der Waals surface area contributed by atoms with Gasteiger partial charge in [0.15, 0.2) is 5.65 Å². The topological polar surface area (TPSA) is 82.1 Å². The third-order valence-electron chi connectivity index (χ3n) is 5.89. The number of hydrogen-bond donors (Lipinski definition) is 2. The molecule has 1 aliphatic heterocycles. The molecule has 1 saturated carbocycles. The lowest BCUT2D eigenvalue weighted by Gasteiger charge is -2.40. The van der Waals surface area contributed by atoms with Crippen molar-refractivity contribution in [2.24, 2.45) is 0 Å². The fraction of sp³-hybridized carbons (Fsp3) is 0.318. The summed E-state index contributed by atoms with van der Waals surface area (Å²) in [6, 6.07) is 9.42. The van der Waals surface area contributed by atoms with Gasteiger partial charge >= 0.3 is 0 Å². The molecular formula is C22H22N4O2. The van der Waals surface area contributed by atoms with E-state index in [1.807, 2.05) is 23.1 Å². The van der Waals surface area contributed by atoms with Crippen molar-refractivity contribution >= 4 is 16.9 Å². The maximum absolute atomic E-state index is 12.0. The molecule has 142 valence electrons. The fourth-order valence-corrected chi connectivity index (χ4v) is 4.18. The molecule has 1 atom stereocenters. The van der Waals surface area contributed by atoms with E-state index in [-0.39, 0.29) is 17.7 Å². The van der Waals surface area contributed by atoms with Crippen LogP contribution in [0.2, 0.25) is 0 Å². The van der Waals surface area contributed by atoms with Crippen LogP contribution in [0.1, 0.15) is 36.4 Å². The molecule has 6 nitrogen and oxygen atoms in total. The highest BCUT2D eigenvalue weighted by atomic mass is 16.3. The number of phenols is 1. The van der Waals surface area contributed by atoms with Gasteiger partial charge in [-0.25, -0.2) is 0 Å². The Morgan fingerprint density at radius 2 is 2.11 bits per heavy atom. The van der Waals surface area contributed by atoms with Gasteiger partial charge in [-0.15, -0.1) is 10.2 Å². The zero-order valence-electron chi connectivity index (χ0n) is 15.6. The highest BCUT2D eigenvalue weighted by molar-refractivity contribution is 5.88. The number of para-hydroxylation sites is 1. The van der Waals surface area contributed by atoms with Gasteiger partial charge in [0.1, 0.15) is 5.75 Å². The Bertz CT molecular complexity index is 1080. The zero-order valence-corrected chi connectivity index (χ0v) is 15.6. The number of amides is 1. The third-order valence-corrected chi connectivity index (χ3v) is 5.89. The van der Waals surface area contributed by atoms with Crippen LogP contribution in [0.15, 0.2) is 43.0 Å². The van der Waals surface area contributed by atoms with Crippen LogP contribution in [0, 0.1) is 0 Å². The summed E-state index contributed by atoms with van der Waals surface area (Å²) in [6.45, 7) is 4.40. The molecule has 2 fully saturated rings. The van der Waals surface area contributed by atoms with E-state index in [1.54, 1.807) is 12.1 Å². The van der Waals surface area contributed by atoms with Crippen LogP contribution in [-0.2, 0) is 11.2 Å². The number of hydrogen-bond acceptors (Lipinski definition) is 4. The van der Waals surface area contributed by atoms with Gasteiger partial charge in [-0.3, -0.25) is 4.79 Å². The molecule has 0 bridgehead atoms. The minimum atomic E-state index is 0.00182. The van der Waals surface area contributed by atoms with Crippen LogP contribution in [0.5, 0.6) is 5.75 Å². The molecule has 3 aromatic rings. The molecule has 1 aromatic carbocycles. The normalized spacial score (nSPS) is 18.9. The van der Waals surface area contributed by atoms with Gasteiger partial charge in [-0.1, -0.05) is 18.7 Å². The molecule has 1 amide bonds. The molecule has 28 heavy (non-hydrogen) atoms. The van der Waals surface area contributed by atoms with Gasteiger partial charge in [-0.05, 0) is 55.0 Å². The summed E-state index contributed by atoms with van der Waals surface area (Å²) in [7, 11) is 0. The van der Waals surface area contributed by atoms with Gasteiger partial charge in [0, 0.05) is 35.7 Å². The molecule has 0 radical (unpaired) electrons. The Hall–Kier alpha value is -3.15. The minimum Gasteiger partial charge on any atom is -0.507 e. The highest BCUT2D eigenvalue weighted by Gasteiger charge is 2.35. The predicted octanol–water partition coefficient (Wildman–Crippen LogP) is 3.54. The largest absolute Gasteiger partial charge is 0.507 e. The Balaban J connectivity index is 1.54. The second-order valence-corrected chi connectivity index (χ2v) is 7.68. The molecule has 1 aliphatic carbocycles. The monoisotopic (exact) mass is 374 g/mol. The number of carbonyl (C=O) groups excluding carboxylic acids is 1. The number of phenolic OH excluding ortho intramolecular Hbond substituents is 1. The van der Waals surface area contributed by atoms with Crippen molar-refractivity contribution in [3.8, 4) is 17.0 Å². The Labute approximate surface area is 162 Å². The number of likely N-dealkylation sites (tertiary alicyclic amines) is 1. The van der Waals surface area contributed by atoms with E-state index in [2.05, 4.69) is 21.8 Å². The van der Waals surface area contributed by atoms with Gasteiger partial charge in [0.25, 0.3) is 0 Å². The van der Waals surface area contributed by atoms with Crippen molar-refractivity contribution < 1.29 is 9.90 Å². The standard InChI is InChI=1S/C22H22N4O2/c1-2-20(28)26-10-9-14(26)11-18-21(13-7-8-13)16-12-17(24-25-22(16)23-18)15-5-3-4-6-19(15)27/h2-6,12-14,27H,1,7-11H2,(H,23,25)/t14-/m1/s1. The van der Waals surface area contributed by atoms with Crippen LogP contribution in [0.4, 0.5) is 0 Å². The summed E-state index contributed by atoms with van der Waals surface area (Å²) < 4.78 is 0. The van der Waals surface area contributed by atoms with Crippen molar-refractivity contribution in [2.45, 2.75) is 37.6 Å². The van der Waals surface area contributed by atoms with E-state index in [1.165, 1.54) is 24.5 Å². The lowest BCUT2D eigenvalue weighted by Crippen LogP contribution is -2.51. The number of nitrogens with one attached hydrogen (secondary N) is 1. The molecule has 0 spiro atoms. The van der Waals surface area contributed by atoms with Crippen molar-refractivity contribution in [1.29, 1.82) is 0 Å². The second kappa shape index (κ2) is 6.48. The maximum Gasteiger partial charge on any atom is 0.246 e. The summed E-state index contributed by atoms with van der Waals surface area (Å²) in [5.74, 6) is 0.740. The number of nitrogens with zero attached hydrogens (tertiary/aromatic N) is 3. The number of benzene rings is 1. The highest BCUT2D eigenvalue weighted by Crippen LogP contribution is 2.46. The molecule has 0 unspecified atom stereocenters. The van der Waals surface area contributed by atoms with Crippen molar-refractivity contribution in [3.05, 3.63) is 54.2 Å². The summed E-state index contributed by atoms with van der Waals surface area (Å²) in [6.07, 6.45) is 5.55. The molecule has 3 heterocycles. The van der Waals surface area contributed by atoms with E-state index < -0.39 is 0 Å². The summed E-state index contributed by atoms with van der Waals surface area (Å²) >= 11 is 0. The molecule has 6 heteroatoms. The lowest BCUT2D eigenvalue weighted by atomic mass is 9.94. The Kier molecular flexibility index (Phi) is 3.93. The average molecular weight is 374 g/mol. The first kappa shape index (κ1) is 17.0. The van der Waals surface area contributed by atoms with Crippen molar-refractivity contribution in [3.63, 3.8) is 0 Å². The number of carbonyl (C=O) groups is 1. The molecular weight excluding hydrogens is 352 g/mol. The fourth-order valence-electron chi connectivity index (χ4n) is 4.18. The number of aromatic amines is 1. The van der Waals surface area contributed by atoms with E-state index in [0.29, 0.717) is 17.2 Å². The predicted molar refractivity (Wildman–Crippen MR) is 107 cm³/mol. The van der Waals surface area contributed by atoms with E-state index >= 15 is 0 Å². The van der Waals surface area contributed by atoms with Gasteiger partial charge < -0.3 is 15.0 Å².